The van der Waals surface area contributed by atoms with Crippen LogP contribution in [-0.2, 0) is 14.3 Å². The quantitative estimate of drug-likeness (QED) is 0.269. The molecule has 5 nitrogen and oxygen atoms in total. The highest BCUT2D eigenvalue weighted by atomic mass is 16.5. The molecule has 0 bridgehead atoms. The van der Waals surface area contributed by atoms with E-state index in [0.717, 1.165) is 0 Å². The Kier molecular flexibility index (Phi) is 6.16. The normalized spacial score (nSPS) is 9.65. The Hall–Kier alpha value is -2.43. The largest absolute Gasteiger partial charge is 0.460 e. The van der Waals surface area contributed by atoms with E-state index in [1.165, 1.54) is 0 Å². The summed E-state index contributed by atoms with van der Waals surface area (Å²) in [5.74, 6) is -1.15. The summed E-state index contributed by atoms with van der Waals surface area (Å²) < 4.78 is 4.81. The van der Waals surface area contributed by atoms with Gasteiger partial charge >= 0.3 is 5.97 Å². The lowest BCUT2D eigenvalue weighted by Gasteiger charge is -2.06. The molecule has 0 aliphatic heterocycles. The average molecular weight is 275 g/mol. The van der Waals surface area contributed by atoms with Crippen LogP contribution in [0.2, 0.25) is 0 Å². The van der Waals surface area contributed by atoms with Gasteiger partial charge in [-0.1, -0.05) is 36.9 Å². The van der Waals surface area contributed by atoms with Crippen molar-refractivity contribution in [3.05, 3.63) is 48.0 Å². The molecular formula is C15H17NO4. The predicted molar refractivity (Wildman–Crippen MR) is 74.2 cm³/mol. The number of ketones is 1. The van der Waals surface area contributed by atoms with Crippen molar-refractivity contribution in [1.82, 2.24) is 5.32 Å². The number of hydrogen-bond donors (Lipinski definition) is 1. The highest BCUT2D eigenvalue weighted by Gasteiger charge is 2.11. The molecule has 0 saturated heterocycles. The Bertz CT molecular complexity index is 508. The van der Waals surface area contributed by atoms with Crippen LogP contribution in [-0.4, -0.2) is 30.8 Å². The molecule has 0 unspecified atom stereocenters. The number of esters is 1. The van der Waals surface area contributed by atoms with Crippen LogP contribution >= 0.6 is 0 Å². The molecule has 1 aromatic rings. The van der Waals surface area contributed by atoms with Crippen molar-refractivity contribution in [2.45, 2.75) is 13.3 Å². The first-order valence-electron chi connectivity index (χ1n) is 6.18. The summed E-state index contributed by atoms with van der Waals surface area (Å²) in [6.45, 7) is 5.20. The molecule has 0 aliphatic rings. The zero-order valence-corrected chi connectivity index (χ0v) is 11.3. The van der Waals surface area contributed by atoms with E-state index in [9.17, 15) is 14.4 Å². The summed E-state index contributed by atoms with van der Waals surface area (Å²) in [6.07, 6.45) is -0.224. The number of Topliss-reactive ketones (excluding diaryl/α,β-unsaturated/α-hetero) is 1. The fraction of sp³-hybridized carbons (Fsp3) is 0.267. The zero-order valence-electron chi connectivity index (χ0n) is 11.3. The van der Waals surface area contributed by atoms with E-state index in [2.05, 4.69) is 11.9 Å². The average Bonchev–Trinajstić information content (AvgIpc) is 2.44. The van der Waals surface area contributed by atoms with Gasteiger partial charge in [0.25, 0.3) is 0 Å². The summed E-state index contributed by atoms with van der Waals surface area (Å²) in [5, 5.41) is 2.51. The van der Waals surface area contributed by atoms with Gasteiger partial charge in [-0.25, -0.2) is 4.79 Å². The van der Waals surface area contributed by atoms with Crippen molar-refractivity contribution in [1.29, 1.82) is 0 Å². The van der Waals surface area contributed by atoms with Gasteiger partial charge in [-0.2, -0.15) is 0 Å². The molecular weight excluding hydrogens is 258 g/mol. The SMILES string of the molecule is C=C(C)C(=O)OCCNC(=O)CC(=O)c1ccccc1. The van der Waals surface area contributed by atoms with Crippen LogP contribution in [0.15, 0.2) is 42.5 Å². The molecule has 1 aromatic carbocycles. The molecule has 20 heavy (non-hydrogen) atoms. The third-order valence-electron chi connectivity index (χ3n) is 2.42. The molecule has 0 aliphatic carbocycles. The monoisotopic (exact) mass is 275 g/mol. The first kappa shape index (κ1) is 15.6. The lowest BCUT2D eigenvalue weighted by atomic mass is 10.1. The van der Waals surface area contributed by atoms with E-state index >= 15 is 0 Å². The number of carbonyl (C=O) groups excluding carboxylic acids is 3. The Balaban J connectivity index is 2.26. The fourth-order valence-corrected chi connectivity index (χ4v) is 1.39. The summed E-state index contributed by atoms with van der Waals surface area (Å²) in [4.78, 5) is 34.3. The Morgan fingerprint density at radius 1 is 1.20 bits per heavy atom. The predicted octanol–water partition coefficient (Wildman–Crippen LogP) is 1.49. The standard InChI is InChI=1S/C15H17NO4/c1-11(2)15(19)20-9-8-16-14(18)10-13(17)12-6-4-3-5-7-12/h3-7H,1,8-10H2,2H3,(H,16,18). The number of nitrogens with one attached hydrogen (secondary N) is 1. The molecule has 106 valence electrons. The van der Waals surface area contributed by atoms with Crippen molar-refractivity contribution < 1.29 is 19.1 Å². The zero-order chi connectivity index (χ0) is 15.0. The second kappa shape index (κ2) is 7.89. The Morgan fingerprint density at radius 2 is 1.85 bits per heavy atom. The number of rotatable bonds is 7. The topological polar surface area (TPSA) is 72.5 Å². The molecule has 1 N–H and O–H groups in total. The van der Waals surface area contributed by atoms with Crippen molar-refractivity contribution >= 4 is 17.7 Å². The first-order valence-corrected chi connectivity index (χ1v) is 6.18. The van der Waals surface area contributed by atoms with E-state index < -0.39 is 11.9 Å². The molecule has 1 rings (SSSR count). The van der Waals surface area contributed by atoms with Crippen molar-refractivity contribution in [2.24, 2.45) is 0 Å². The van der Waals surface area contributed by atoms with Crippen molar-refractivity contribution in [3.63, 3.8) is 0 Å². The van der Waals surface area contributed by atoms with E-state index in [4.69, 9.17) is 4.74 Å². The molecule has 0 radical (unpaired) electrons. The number of hydrogen-bond acceptors (Lipinski definition) is 4. The van der Waals surface area contributed by atoms with Crippen LogP contribution in [0.25, 0.3) is 0 Å². The van der Waals surface area contributed by atoms with Crippen LogP contribution in [0.4, 0.5) is 0 Å². The Labute approximate surface area is 117 Å². The summed E-state index contributed by atoms with van der Waals surface area (Å²) in [7, 11) is 0. The maximum atomic E-state index is 11.7. The van der Waals surface area contributed by atoms with Gasteiger partial charge in [0.1, 0.15) is 6.61 Å². The number of benzene rings is 1. The second-order valence-corrected chi connectivity index (χ2v) is 4.23. The maximum absolute atomic E-state index is 11.7. The van der Waals surface area contributed by atoms with Gasteiger partial charge in [-0.15, -0.1) is 0 Å². The maximum Gasteiger partial charge on any atom is 0.333 e. The molecule has 1 amide bonds. The van der Waals surface area contributed by atoms with Gasteiger partial charge in [0.15, 0.2) is 5.78 Å². The summed E-state index contributed by atoms with van der Waals surface area (Å²) in [6, 6.07) is 8.59. The second-order valence-electron chi connectivity index (χ2n) is 4.23. The highest BCUT2D eigenvalue weighted by Crippen LogP contribution is 2.02. The van der Waals surface area contributed by atoms with Crippen molar-refractivity contribution in [2.75, 3.05) is 13.2 Å². The van der Waals surface area contributed by atoms with Crippen LogP contribution in [0, 0.1) is 0 Å². The van der Waals surface area contributed by atoms with Gasteiger partial charge in [0.2, 0.25) is 5.91 Å². The third-order valence-corrected chi connectivity index (χ3v) is 2.42. The van der Waals surface area contributed by atoms with Crippen LogP contribution in [0.3, 0.4) is 0 Å². The lowest BCUT2D eigenvalue weighted by Crippen LogP contribution is -2.29. The third kappa shape index (κ3) is 5.48. The molecule has 5 heteroatoms. The van der Waals surface area contributed by atoms with E-state index in [1.807, 2.05) is 0 Å². The minimum Gasteiger partial charge on any atom is -0.460 e. The number of ether oxygens (including phenoxy) is 1. The minimum absolute atomic E-state index is 0.0525. The van der Waals surface area contributed by atoms with Gasteiger partial charge in [-0.05, 0) is 6.92 Å². The van der Waals surface area contributed by atoms with E-state index in [1.54, 1.807) is 37.3 Å². The number of carbonyl (C=O) groups is 3. The lowest BCUT2D eigenvalue weighted by molar-refractivity contribution is -0.139. The van der Waals surface area contributed by atoms with Crippen LogP contribution < -0.4 is 5.32 Å². The summed E-state index contributed by atoms with van der Waals surface area (Å²) >= 11 is 0. The summed E-state index contributed by atoms with van der Waals surface area (Å²) in [5.41, 5.74) is 0.798. The number of amides is 1. The van der Waals surface area contributed by atoms with Gasteiger partial charge < -0.3 is 10.1 Å². The molecule has 0 spiro atoms. The molecule has 0 saturated carbocycles. The van der Waals surface area contributed by atoms with E-state index in [0.29, 0.717) is 11.1 Å². The Morgan fingerprint density at radius 3 is 2.45 bits per heavy atom. The first-order chi connectivity index (χ1) is 9.50. The molecule has 0 atom stereocenters. The van der Waals surface area contributed by atoms with Gasteiger partial charge in [0, 0.05) is 11.1 Å². The van der Waals surface area contributed by atoms with E-state index in [-0.39, 0.29) is 25.4 Å². The highest BCUT2D eigenvalue weighted by molar-refractivity contribution is 6.07. The molecule has 0 heterocycles. The molecule has 0 fully saturated rings. The van der Waals surface area contributed by atoms with Gasteiger partial charge in [-0.3, -0.25) is 9.59 Å². The van der Waals surface area contributed by atoms with Crippen LogP contribution in [0.5, 0.6) is 0 Å². The van der Waals surface area contributed by atoms with Crippen LogP contribution in [0.1, 0.15) is 23.7 Å². The van der Waals surface area contributed by atoms with Crippen molar-refractivity contribution in [3.8, 4) is 0 Å². The minimum atomic E-state index is -0.500. The van der Waals surface area contributed by atoms with Gasteiger partial charge in [0.05, 0.1) is 13.0 Å². The fourth-order valence-electron chi connectivity index (χ4n) is 1.39. The molecule has 0 aromatic heterocycles. The smallest absolute Gasteiger partial charge is 0.333 e.